The van der Waals surface area contributed by atoms with Crippen LogP contribution in [0, 0.1) is 11.8 Å². The highest BCUT2D eigenvalue weighted by Crippen LogP contribution is 2.29. The maximum Gasteiger partial charge on any atom is 0.243 e. The summed E-state index contributed by atoms with van der Waals surface area (Å²) in [5, 5.41) is 3.26. The fourth-order valence-corrected chi connectivity index (χ4v) is 3.42. The van der Waals surface area contributed by atoms with Crippen LogP contribution in [0.3, 0.4) is 0 Å². The van der Waals surface area contributed by atoms with E-state index in [9.17, 15) is 9.59 Å². The van der Waals surface area contributed by atoms with Gasteiger partial charge in [-0.2, -0.15) is 0 Å². The zero-order valence-electron chi connectivity index (χ0n) is 14.7. The van der Waals surface area contributed by atoms with Gasteiger partial charge in [0.15, 0.2) is 0 Å². The van der Waals surface area contributed by atoms with E-state index in [1.165, 1.54) is 0 Å². The number of nitrogens with zero attached hydrogens (tertiary/aromatic N) is 1. The molecule has 0 saturated carbocycles. The van der Waals surface area contributed by atoms with E-state index in [1.54, 1.807) is 0 Å². The van der Waals surface area contributed by atoms with Crippen LogP contribution in [0.2, 0.25) is 0 Å². The number of hydrogen-bond acceptors (Lipinski definition) is 3. The van der Waals surface area contributed by atoms with Crippen molar-refractivity contribution in [3.63, 3.8) is 0 Å². The molecule has 5 nitrogen and oxygen atoms in total. The molecule has 128 valence electrons. The number of carbonyl (C=O) groups excluding carboxylic acids is 2. The van der Waals surface area contributed by atoms with E-state index in [1.807, 2.05) is 11.8 Å². The van der Waals surface area contributed by atoms with Crippen molar-refractivity contribution in [2.45, 2.75) is 65.3 Å². The predicted octanol–water partition coefficient (Wildman–Crippen LogP) is 1.90. The van der Waals surface area contributed by atoms with Gasteiger partial charge in [0.05, 0.1) is 0 Å². The third kappa shape index (κ3) is 4.45. The zero-order valence-corrected chi connectivity index (χ0v) is 14.7. The lowest BCUT2D eigenvalue weighted by Gasteiger charge is -2.45. The predicted molar refractivity (Wildman–Crippen MR) is 89.3 cm³/mol. The number of nitrogens with two attached hydrogens (primary N) is 1. The van der Waals surface area contributed by atoms with Crippen molar-refractivity contribution in [2.75, 3.05) is 19.6 Å². The van der Waals surface area contributed by atoms with Crippen molar-refractivity contribution in [3.05, 3.63) is 0 Å². The van der Waals surface area contributed by atoms with Crippen molar-refractivity contribution in [1.82, 2.24) is 10.2 Å². The monoisotopic (exact) mass is 311 g/mol. The molecule has 0 unspecified atom stereocenters. The smallest absolute Gasteiger partial charge is 0.243 e. The SMILES string of the molecule is CCCCN(C(=O)[C@H](C)CC(C)C)C1(C(N)=O)CCNCC1. The van der Waals surface area contributed by atoms with Gasteiger partial charge >= 0.3 is 0 Å². The zero-order chi connectivity index (χ0) is 16.8. The number of carbonyl (C=O) groups is 2. The fourth-order valence-electron chi connectivity index (χ4n) is 3.42. The summed E-state index contributed by atoms with van der Waals surface area (Å²) in [5.74, 6) is 0.130. The maximum atomic E-state index is 13.0. The number of nitrogens with one attached hydrogen (secondary N) is 1. The van der Waals surface area contributed by atoms with Gasteiger partial charge in [0, 0.05) is 12.5 Å². The van der Waals surface area contributed by atoms with Gasteiger partial charge in [0.2, 0.25) is 11.8 Å². The first-order valence-electron chi connectivity index (χ1n) is 8.67. The minimum absolute atomic E-state index is 0.0667. The van der Waals surface area contributed by atoms with Gasteiger partial charge in [-0.15, -0.1) is 0 Å². The summed E-state index contributed by atoms with van der Waals surface area (Å²) in [6, 6.07) is 0. The van der Waals surface area contributed by atoms with Gasteiger partial charge in [-0.3, -0.25) is 9.59 Å². The quantitative estimate of drug-likeness (QED) is 0.719. The molecule has 1 rings (SSSR count). The van der Waals surface area contributed by atoms with E-state index < -0.39 is 5.54 Å². The minimum Gasteiger partial charge on any atom is -0.368 e. The van der Waals surface area contributed by atoms with Crippen LogP contribution < -0.4 is 11.1 Å². The van der Waals surface area contributed by atoms with Crippen LogP contribution in [0.15, 0.2) is 0 Å². The second-order valence-electron chi connectivity index (χ2n) is 7.02. The molecule has 5 heteroatoms. The number of amides is 2. The molecule has 1 aliphatic rings. The Hall–Kier alpha value is -1.10. The maximum absolute atomic E-state index is 13.0. The summed E-state index contributed by atoms with van der Waals surface area (Å²) >= 11 is 0. The topological polar surface area (TPSA) is 75.4 Å². The van der Waals surface area contributed by atoms with Crippen LogP contribution in [0.1, 0.15) is 59.8 Å². The van der Waals surface area contributed by atoms with E-state index in [2.05, 4.69) is 26.1 Å². The number of primary amides is 1. The Balaban J connectivity index is 3.02. The van der Waals surface area contributed by atoms with Gasteiger partial charge in [0.25, 0.3) is 0 Å². The standard InChI is InChI=1S/C17H33N3O2/c1-5-6-11-20(15(21)14(4)12-13(2)3)17(16(18)22)7-9-19-10-8-17/h13-14,19H,5-12H2,1-4H3,(H2,18,22)/t14-/m1/s1. The van der Waals surface area contributed by atoms with Crippen molar-refractivity contribution < 1.29 is 9.59 Å². The molecule has 0 aliphatic carbocycles. The number of piperidine rings is 1. The Morgan fingerprint density at radius 2 is 1.82 bits per heavy atom. The third-order valence-electron chi connectivity index (χ3n) is 4.65. The molecule has 0 aromatic rings. The number of rotatable bonds is 8. The van der Waals surface area contributed by atoms with Crippen molar-refractivity contribution in [3.8, 4) is 0 Å². The van der Waals surface area contributed by atoms with E-state index >= 15 is 0 Å². The summed E-state index contributed by atoms with van der Waals surface area (Å²) in [6.45, 7) is 10.4. The van der Waals surface area contributed by atoms with Gasteiger partial charge in [-0.05, 0) is 44.7 Å². The molecule has 3 N–H and O–H groups in total. The van der Waals surface area contributed by atoms with Gasteiger partial charge in [-0.1, -0.05) is 34.1 Å². The normalized spacial score (nSPS) is 19.0. The second-order valence-corrected chi connectivity index (χ2v) is 7.02. The van der Waals surface area contributed by atoms with Crippen LogP contribution in [-0.2, 0) is 9.59 Å². The first-order valence-corrected chi connectivity index (χ1v) is 8.67. The summed E-state index contributed by atoms with van der Waals surface area (Å²) in [7, 11) is 0. The van der Waals surface area contributed by atoms with Crippen molar-refractivity contribution in [2.24, 2.45) is 17.6 Å². The lowest BCUT2D eigenvalue weighted by molar-refractivity contribution is -0.151. The summed E-state index contributed by atoms with van der Waals surface area (Å²) < 4.78 is 0. The Kier molecular flexibility index (Phi) is 7.33. The van der Waals surface area contributed by atoms with Crippen LogP contribution >= 0.6 is 0 Å². The van der Waals surface area contributed by atoms with Crippen molar-refractivity contribution >= 4 is 11.8 Å². The minimum atomic E-state index is -0.803. The first kappa shape index (κ1) is 18.9. The number of unbranched alkanes of at least 4 members (excludes halogenated alkanes) is 1. The Morgan fingerprint density at radius 1 is 1.23 bits per heavy atom. The molecular formula is C17H33N3O2. The molecule has 0 spiro atoms. The largest absolute Gasteiger partial charge is 0.368 e. The third-order valence-corrected chi connectivity index (χ3v) is 4.65. The molecule has 0 aromatic carbocycles. The molecule has 2 amide bonds. The highest BCUT2D eigenvalue weighted by Gasteiger charge is 2.46. The van der Waals surface area contributed by atoms with Crippen LogP contribution in [-0.4, -0.2) is 41.9 Å². The lowest BCUT2D eigenvalue weighted by atomic mass is 9.83. The van der Waals surface area contributed by atoms with Crippen LogP contribution in [0.25, 0.3) is 0 Å². The molecule has 1 heterocycles. The first-order chi connectivity index (χ1) is 10.3. The molecule has 0 bridgehead atoms. The Morgan fingerprint density at radius 3 is 2.27 bits per heavy atom. The Labute approximate surface area is 135 Å². The summed E-state index contributed by atoms with van der Waals surface area (Å²) in [6.07, 6.45) is 3.98. The van der Waals surface area contributed by atoms with E-state index in [-0.39, 0.29) is 17.7 Å². The molecule has 0 radical (unpaired) electrons. The van der Waals surface area contributed by atoms with E-state index in [4.69, 9.17) is 5.73 Å². The average molecular weight is 311 g/mol. The second kappa shape index (κ2) is 8.51. The molecule has 0 aromatic heterocycles. The Bertz CT molecular complexity index is 376. The molecule has 22 heavy (non-hydrogen) atoms. The van der Waals surface area contributed by atoms with Gasteiger partial charge in [0.1, 0.15) is 5.54 Å². The average Bonchev–Trinajstić information content (AvgIpc) is 2.47. The van der Waals surface area contributed by atoms with E-state index in [0.29, 0.717) is 25.3 Å². The molecular weight excluding hydrogens is 278 g/mol. The lowest BCUT2D eigenvalue weighted by Crippen LogP contribution is -2.64. The highest BCUT2D eigenvalue weighted by atomic mass is 16.2. The molecule has 1 fully saturated rings. The fraction of sp³-hybridized carbons (Fsp3) is 0.882. The number of hydrogen-bond donors (Lipinski definition) is 2. The van der Waals surface area contributed by atoms with Gasteiger partial charge < -0.3 is 16.0 Å². The van der Waals surface area contributed by atoms with E-state index in [0.717, 1.165) is 32.4 Å². The summed E-state index contributed by atoms with van der Waals surface area (Å²) in [5.41, 5.74) is 4.95. The highest BCUT2D eigenvalue weighted by molar-refractivity contribution is 5.91. The molecule has 1 aliphatic heterocycles. The van der Waals surface area contributed by atoms with Gasteiger partial charge in [-0.25, -0.2) is 0 Å². The van der Waals surface area contributed by atoms with Crippen molar-refractivity contribution in [1.29, 1.82) is 0 Å². The van der Waals surface area contributed by atoms with Crippen LogP contribution in [0.5, 0.6) is 0 Å². The summed E-state index contributed by atoms with van der Waals surface area (Å²) in [4.78, 5) is 27.0. The molecule has 1 atom stereocenters. The molecule has 1 saturated heterocycles. The van der Waals surface area contributed by atoms with Crippen LogP contribution in [0.4, 0.5) is 0 Å².